The Morgan fingerprint density at radius 1 is 1.05 bits per heavy atom. The molecule has 0 fully saturated rings. The van der Waals surface area contributed by atoms with Crippen molar-refractivity contribution in [1.82, 2.24) is 14.3 Å². The smallest absolute Gasteiger partial charge is 0.291 e. The number of nitrogens with zero attached hydrogens (tertiary/aromatic N) is 4. The highest BCUT2D eigenvalue weighted by Crippen LogP contribution is 2.33. The van der Waals surface area contributed by atoms with Gasteiger partial charge < -0.3 is 10.2 Å². The van der Waals surface area contributed by atoms with Crippen LogP contribution < -0.4 is 10.2 Å². The first kappa shape index (κ1) is 26.1. The van der Waals surface area contributed by atoms with Crippen molar-refractivity contribution in [3.63, 3.8) is 0 Å². The molecule has 0 radical (unpaired) electrons. The molecule has 0 spiro atoms. The number of anilines is 1. The van der Waals surface area contributed by atoms with Crippen molar-refractivity contribution in [1.29, 1.82) is 0 Å². The maximum atomic E-state index is 15.0. The SMILES string of the molecule is CNCc1cc(-c2ccccc2F)n(S(=O)(=NS(=O)(=O)c2ccc3c(c2)N(C)CCC3)c2cccnc2)c1. The number of aromatic nitrogens is 2. The summed E-state index contributed by atoms with van der Waals surface area (Å²) in [4.78, 5) is 6.10. The Labute approximate surface area is 222 Å². The molecule has 3 heterocycles. The summed E-state index contributed by atoms with van der Waals surface area (Å²) in [5.74, 6) is -0.531. The average Bonchev–Trinajstić information content (AvgIpc) is 3.34. The van der Waals surface area contributed by atoms with Gasteiger partial charge in [0.25, 0.3) is 10.0 Å². The van der Waals surface area contributed by atoms with Gasteiger partial charge in [-0.05, 0) is 73.5 Å². The van der Waals surface area contributed by atoms with Crippen LogP contribution in [0.1, 0.15) is 17.5 Å². The van der Waals surface area contributed by atoms with Crippen LogP contribution in [0.15, 0.2) is 92.8 Å². The van der Waals surface area contributed by atoms with Crippen molar-refractivity contribution in [3.8, 4) is 11.3 Å². The van der Waals surface area contributed by atoms with E-state index >= 15 is 0 Å². The number of hydrogen-bond donors (Lipinski definition) is 1. The first-order valence-electron chi connectivity index (χ1n) is 12.1. The van der Waals surface area contributed by atoms with E-state index in [-0.39, 0.29) is 21.0 Å². The lowest BCUT2D eigenvalue weighted by atomic mass is 10.0. The third-order valence-electron chi connectivity index (χ3n) is 6.49. The van der Waals surface area contributed by atoms with E-state index in [1.54, 1.807) is 55.7 Å². The van der Waals surface area contributed by atoms with E-state index in [9.17, 15) is 17.0 Å². The molecule has 5 rings (SSSR count). The molecule has 38 heavy (non-hydrogen) atoms. The Hall–Kier alpha value is -3.54. The molecule has 1 atom stereocenters. The number of halogens is 1. The van der Waals surface area contributed by atoms with E-state index in [2.05, 4.69) is 14.1 Å². The van der Waals surface area contributed by atoms with Crippen molar-refractivity contribution in [2.75, 3.05) is 25.5 Å². The summed E-state index contributed by atoms with van der Waals surface area (Å²) >= 11 is 0. The van der Waals surface area contributed by atoms with Gasteiger partial charge in [0.05, 0.1) is 15.5 Å². The molecule has 2 aromatic heterocycles. The van der Waals surface area contributed by atoms with Gasteiger partial charge >= 0.3 is 0 Å². The zero-order valence-electron chi connectivity index (χ0n) is 21.0. The highest BCUT2D eigenvalue weighted by atomic mass is 32.3. The highest BCUT2D eigenvalue weighted by Gasteiger charge is 2.27. The summed E-state index contributed by atoms with van der Waals surface area (Å²) in [6, 6.07) is 15.7. The first-order chi connectivity index (χ1) is 18.2. The van der Waals surface area contributed by atoms with Gasteiger partial charge in [0.1, 0.15) is 5.82 Å². The van der Waals surface area contributed by atoms with Crippen LogP contribution in [-0.4, -0.2) is 42.2 Å². The molecule has 0 saturated heterocycles. The lowest BCUT2D eigenvalue weighted by molar-refractivity contribution is 0.597. The molecule has 0 bridgehead atoms. The van der Waals surface area contributed by atoms with Crippen LogP contribution >= 0.6 is 0 Å². The van der Waals surface area contributed by atoms with Crippen molar-refractivity contribution < 1.29 is 17.0 Å². The molecule has 0 saturated carbocycles. The Bertz CT molecular complexity index is 1710. The Balaban J connectivity index is 1.78. The third-order valence-corrected chi connectivity index (χ3v) is 10.6. The predicted octanol–water partition coefficient (Wildman–Crippen LogP) is 4.47. The monoisotopic (exact) mass is 553 g/mol. The lowest BCUT2D eigenvalue weighted by Gasteiger charge is -2.27. The summed E-state index contributed by atoms with van der Waals surface area (Å²) < 4.78 is 62.7. The minimum Gasteiger partial charge on any atom is -0.374 e. The zero-order chi connectivity index (χ0) is 26.9. The molecule has 1 unspecified atom stereocenters. The van der Waals surface area contributed by atoms with Gasteiger partial charge in [-0.1, -0.05) is 22.0 Å². The largest absolute Gasteiger partial charge is 0.374 e. The van der Waals surface area contributed by atoms with E-state index in [1.165, 1.54) is 34.6 Å². The predicted molar refractivity (Wildman–Crippen MR) is 146 cm³/mol. The number of rotatable bonds is 7. The summed E-state index contributed by atoms with van der Waals surface area (Å²) in [7, 11) is -4.65. The van der Waals surface area contributed by atoms with Crippen molar-refractivity contribution in [2.45, 2.75) is 29.2 Å². The maximum absolute atomic E-state index is 15.0. The molecular formula is C27H28FN5O3S2. The van der Waals surface area contributed by atoms with Crippen LogP contribution in [-0.2, 0) is 32.9 Å². The highest BCUT2D eigenvalue weighted by molar-refractivity contribution is 8.02. The normalized spacial score (nSPS) is 15.1. The van der Waals surface area contributed by atoms with E-state index in [0.717, 1.165) is 30.6 Å². The van der Waals surface area contributed by atoms with Crippen molar-refractivity contribution in [2.24, 2.45) is 3.77 Å². The van der Waals surface area contributed by atoms with Crippen LogP contribution in [0.3, 0.4) is 0 Å². The minimum absolute atomic E-state index is 0.0586. The van der Waals surface area contributed by atoms with E-state index < -0.39 is 25.8 Å². The second-order valence-electron chi connectivity index (χ2n) is 9.12. The molecule has 1 aliphatic rings. The zero-order valence-corrected chi connectivity index (χ0v) is 22.7. The van der Waals surface area contributed by atoms with E-state index in [0.29, 0.717) is 12.1 Å². The Morgan fingerprint density at radius 3 is 2.61 bits per heavy atom. The Morgan fingerprint density at radius 2 is 1.87 bits per heavy atom. The fourth-order valence-corrected chi connectivity index (χ4v) is 8.56. The standard InChI is InChI=1S/C27H28FN5O3S2/c1-29-17-20-15-27(24-9-3-4-10-25(24)28)33(19-20)37(34,23-8-5-13-30-18-23)31-38(35,36)22-12-11-21-7-6-14-32(2)26(21)16-22/h3-5,8-13,15-16,18-19,29H,6-7,14,17H2,1-2H3. The molecule has 198 valence electrons. The maximum Gasteiger partial charge on any atom is 0.291 e. The first-order valence-corrected chi connectivity index (χ1v) is 15.0. The number of nitrogens with one attached hydrogen (secondary N) is 1. The van der Waals surface area contributed by atoms with Crippen molar-refractivity contribution in [3.05, 3.63) is 96.2 Å². The van der Waals surface area contributed by atoms with Crippen LogP contribution in [0.5, 0.6) is 0 Å². The fraction of sp³-hybridized carbons (Fsp3) is 0.222. The number of fused-ring (bicyclic) bond motifs is 1. The van der Waals surface area contributed by atoms with Crippen LogP contribution in [0, 0.1) is 5.82 Å². The summed E-state index contributed by atoms with van der Waals surface area (Å²) in [6.07, 6.45) is 6.21. The molecule has 1 N–H and O–H groups in total. The van der Waals surface area contributed by atoms with Gasteiger partial charge in [0, 0.05) is 50.0 Å². The van der Waals surface area contributed by atoms with Crippen LogP contribution in [0.25, 0.3) is 11.3 Å². The number of aryl methyl sites for hydroxylation is 1. The summed E-state index contributed by atoms with van der Waals surface area (Å²) in [5.41, 5.74) is 2.96. The fourth-order valence-electron chi connectivity index (χ4n) is 4.64. The number of hydrogen-bond acceptors (Lipinski definition) is 6. The molecule has 0 amide bonds. The van der Waals surface area contributed by atoms with Crippen LogP contribution in [0.4, 0.5) is 10.1 Å². The number of benzene rings is 2. The van der Waals surface area contributed by atoms with Gasteiger partial charge in [0.15, 0.2) is 9.92 Å². The lowest BCUT2D eigenvalue weighted by Crippen LogP contribution is -2.25. The van der Waals surface area contributed by atoms with Gasteiger partial charge in [-0.15, -0.1) is 0 Å². The third kappa shape index (κ3) is 4.84. The molecule has 8 nitrogen and oxygen atoms in total. The average molecular weight is 554 g/mol. The summed E-state index contributed by atoms with van der Waals surface area (Å²) in [6.45, 7) is 1.20. The second-order valence-corrected chi connectivity index (χ2v) is 13.0. The molecule has 2 aromatic carbocycles. The van der Waals surface area contributed by atoms with Gasteiger partial charge in [0.2, 0.25) is 0 Å². The summed E-state index contributed by atoms with van der Waals surface area (Å²) in [5, 5.41) is 3.02. The molecule has 1 aliphatic heterocycles. The topological polar surface area (TPSA) is 96.7 Å². The van der Waals surface area contributed by atoms with Gasteiger partial charge in [-0.2, -0.15) is 8.42 Å². The molecule has 11 heteroatoms. The quantitative estimate of drug-likeness (QED) is 0.363. The number of pyridine rings is 1. The Kier molecular flexibility index (Phi) is 7.08. The van der Waals surface area contributed by atoms with Gasteiger partial charge in [-0.25, -0.2) is 8.60 Å². The minimum atomic E-state index is -4.42. The molecule has 0 aliphatic carbocycles. The molecule has 4 aromatic rings. The van der Waals surface area contributed by atoms with Crippen LogP contribution in [0.2, 0.25) is 0 Å². The van der Waals surface area contributed by atoms with E-state index in [4.69, 9.17) is 0 Å². The second kappa shape index (κ2) is 10.3. The van der Waals surface area contributed by atoms with E-state index in [1.807, 2.05) is 11.9 Å². The molecular weight excluding hydrogens is 525 g/mol. The van der Waals surface area contributed by atoms with Crippen molar-refractivity contribution >= 4 is 25.6 Å². The van der Waals surface area contributed by atoms with Gasteiger partial charge in [-0.3, -0.25) is 8.96 Å². The number of sulfonamides is 1.